The summed E-state index contributed by atoms with van der Waals surface area (Å²) in [5, 5.41) is 9.29. The fourth-order valence-corrected chi connectivity index (χ4v) is 6.11. The van der Waals surface area contributed by atoms with Crippen LogP contribution >= 0.6 is 0 Å². The number of benzene rings is 2. The highest BCUT2D eigenvalue weighted by molar-refractivity contribution is 5.99. The maximum absolute atomic E-state index is 12.4. The molecule has 3 aromatic heterocycles. The molecule has 2 aromatic carbocycles. The lowest BCUT2D eigenvalue weighted by atomic mass is 9.63. The monoisotopic (exact) mass is 547 g/mol. The number of carbonyl (C=O) groups is 1. The van der Waals surface area contributed by atoms with Crippen molar-refractivity contribution in [2.24, 2.45) is 17.1 Å². The van der Waals surface area contributed by atoms with Gasteiger partial charge in [-0.25, -0.2) is 14.7 Å². The number of primary amides is 1. The smallest absolute Gasteiger partial charge is 0.269 e. The van der Waals surface area contributed by atoms with Gasteiger partial charge in [-0.1, -0.05) is 51.1 Å². The average Bonchev–Trinajstić information content (AvgIpc) is 3.30. The van der Waals surface area contributed by atoms with Gasteiger partial charge in [-0.3, -0.25) is 9.78 Å². The number of aryl methyl sites for hydroxylation is 1. The number of hydrogen-bond donors (Lipinski definition) is 2. The molecule has 1 saturated heterocycles. The molecule has 0 radical (unpaired) electrons. The maximum atomic E-state index is 12.4. The second-order valence-electron chi connectivity index (χ2n) is 12.3. The molecule has 1 fully saturated rings. The third kappa shape index (κ3) is 4.34. The van der Waals surface area contributed by atoms with E-state index in [0.717, 1.165) is 57.3 Å². The number of nitrogens with one attached hydrogen (secondary N) is 1. The predicted octanol–water partition coefficient (Wildman–Crippen LogP) is 6.52. The predicted molar refractivity (Wildman–Crippen MR) is 165 cm³/mol. The topological polar surface area (TPSA) is 102 Å². The van der Waals surface area contributed by atoms with Gasteiger partial charge in [0.1, 0.15) is 0 Å². The summed E-state index contributed by atoms with van der Waals surface area (Å²) in [6.07, 6.45) is 4.62. The van der Waals surface area contributed by atoms with E-state index in [4.69, 9.17) is 10.8 Å². The highest BCUT2D eigenvalue weighted by atomic mass is 16.1. The summed E-state index contributed by atoms with van der Waals surface area (Å²) in [6, 6.07) is 18.4. The zero-order chi connectivity index (χ0) is 29.1. The third-order valence-electron chi connectivity index (χ3n) is 9.66. The average molecular weight is 548 g/mol. The van der Waals surface area contributed by atoms with Crippen molar-refractivity contribution in [3.8, 4) is 16.8 Å². The van der Waals surface area contributed by atoms with Gasteiger partial charge in [-0.05, 0) is 68.4 Å². The van der Waals surface area contributed by atoms with Crippen LogP contribution in [0.5, 0.6) is 0 Å². The normalized spacial score (nSPS) is 18.5. The molecule has 0 aliphatic carbocycles. The van der Waals surface area contributed by atoms with Crippen molar-refractivity contribution in [2.45, 2.75) is 53.5 Å². The van der Waals surface area contributed by atoms with E-state index in [9.17, 15) is 4.79 Å². The fourth-order valence-electron chi connectivity index (χ4n) is 6.11. The number of para-hydroxylation sites is 1. The van der Waals surface area contributed by atoms with Gasteiger partial charge >= 0.3 is 0 Å². The molecule has 210 valence electrons. The maximum Gasteiger partial charge on any atom is 0.269 e. The standard InChI is InChI=1S/C33H37N7O/c1-20-14-15-39(33(5,6)32(20,3)4)38-27-17-24(19-36-30(27)31(34)41)40-28-13-9-11-25(29(28)21(2)37-40)23-16-22-10-7-8-12-26(22)35-18-23/h7-13,16-20,38H,14-15H2,1-6H3,(H2,34,41). The van der Waals surface area contributed by atoms with Crippen LogP contribution in [0.1, 0.15) is 57.2 Å². The van der Waals surface area contributed by atoms with E-state index in [1.54, 1.807) is 6.20 Å². The van der Waals surface area contributed by atoms with E-state index in [0.29, 0.717) is 11.6 Å². The van der Waals surface area contributed by atoms with Gasteiger partial charge in [0.2, 0.25) is 0 Å². The largest absolute Gasteiger partial charge is 0.364 e. The van der Waals surface area contributed by atoms with Gasteiger partial charge in [0, 0.05) is 34.6 Å². The molecule has 5 aromatic rings. The van der Waals surface area contributed by atoms with Crippen molar-refractivity contribution in [2.75, 3.05) is 12.0 Å². The van der Waals surface area contributed by atoms with Crippen molar-refractivity contribution >= 4 is 33.4 Å². The molecule has 1 unspecified atom stereocenters. The first-order valence-corrected chi connectivity index (χ1v) is 14.2. The molecule has 0 spiro atoms. The van der Waals surface area contributed by atoms with Gasteiger partial charge in [0.25, 0.3) is 5.91 Å². The molecule has 4 heterocycles. The summed E-state index contributed by atoms with van der Waals surface area (Å²) in [6.45, 7) is 14.2. The lowest BCUT2D eigenvalue weighted by Gasteiger charge is -2.56. The number of carbonyl (C=O) groups excluding carboxylic acids is 1. The molecule has 8 nitrogen and oxygen atoms in total. The van der Waals surface area contributed by atoms with Crippen LogP contribution in [-0.2, 0) is 0 Å². The van der Waals surface area contributed by atoms with Crippen LogP contribution in [0.2, 0.25) is 0 Å². The van der Waals surface area contributed by atoms with Crippen LogP contribution in [0.4, 0.5) is 5.69 Å². The number of nitrogens with two attached hydrogens (primary N) is 1. The Morgan fingerprint density at radius 3 is 2.59 bits per heavy atom. The number of aromatic nitrogens is 4. The Morgan fingerprint density at radius 1 is 1.02 bits per heavy atom. The first-order chi connectivity index (χ1) is 19.5. The SMILES string of the molecule is Cc1nn(-c2cnc(C(N)=O)c(NN3CCC(C)C(C)(C)C3(C)C)c2)c2cccc(-c3cnc4ccccc4c3)c12. The zero-order valence-electron chi connectivity index (χ0n) is 24.6. The summed E-state index contributed by atoms with van der Waals surface area (Å²) < 4.78 is 1.89. The molecule has 8 heteroatoms. The van der Waals surface area contributed by atoms with Crippen molar-refractivity contribution in [1.29, 1.82) is 0 Å². The molecule has 0 saturated carbocycles. The van der Waals surface area contributed by atoms with Crippen molar-refractivity contribution < 1.29 is 4.79 Å². The number of piperidine rings is 1. The van der Waals surface area contributed by atoms with Gasteiger partial charge in [0.15, 0.2) is 5.69 Å². The number of anilines is 1. The van der Waals surface area contributed by atoms with Crippen molar-refractivity contribution in [3.63, 3.8) is 0 Å². The van der Waals surface area contributed by atoms with Crippen LogP contribution in [0.15, 0.2) is 67.0 Å². The summed E-state index contributed by atoms with van der Waals surface area (Å²) in [5.41, 5.74) is 15.6. The molecule has 6 rings (SSSR count). The molecule has 1 amide bonds. The molecule has 1 atom stereocenters. The molecular formula is C33H37N7O. The summed E-state index contributed by atoms with van der Waals surface area (Å²) in [7, 11) is 0. The third-order valence-corrected chi connectivity index (χ3v) is 9.66. The van der Waals surface area contributed by atoms with Crippen molar-refractivity contribution in [1.82, 2.24) is 24.8 Å². The lowest BCUT2D eigenvalue weighted by Crippen LogP contribution is -2.62. The van der Waals surface area contributed by atoms with Crippen LogP contribution in [-0.4, -0.2) is 42.7 Å². The number of hydrazine groups is 1. The number of nitrogens with zero attached hydrogens (tertiary/aromatic N) is 5. The Labute approximate surface area is 240 Å². The van der Waals surface area contributed by atoms with E-state index in [1.807, 2.05) is 48.1 Å². The molecule has 0 bridgehead atoms. The van der Waals surface area contributed by atoms with Crippen LogP contribution in [0, 0.1) is 18.3 Å². The summed E-state index contributed by atoms with van der Waals surface area (Å²) >= 11 is 0. The zero-order valence-corrected chi connectivity index (χ0v) is 24.6. The first-order valence-electron chi connectivity index (χ1n) is 14.2. The minimum Gasteiger partial charge on any atom is -0.364 e. The van der Waals surface area contributed by atoms with Gasteiger partial charge in [0.05, 0.1) is 34.3 Å². The minimum absolute atomic E-state index is 0.0412. The minimum atomic E-state index is -0.575. The molecular weight excluding hydrogens is 510 g/mol. The van der Waals surface area contributed by atoms with Gasteiger partial charge in [-0.15, -0.1) is 0 Å². The second-order valence-corrected chi connectivity index (χ2v) is 12.3. The van der Waals surface area contributed by atoms with E-state index >= 15 is 0 Å². The van der Waals surface area contributed by atoms with Crippen molar-refractivity contribution in [3.05, 3.63) is 78.4 Å². The second kappa shape index (κ2) is 9.66. The van der Waals surface area contributed by atoms with Crippen LogP contribution in [0.25, 0.3) is 38.6 Å². The first kappa shape index (κ1) is 26.9. The highest BCUT2D eigenvalue weighted by Crippen LogP contribution is 2.47. The fraction of sp³-hybridized carbons (Fsp3) is 0.333. The Hall–Kier alpha value is -4.30. The van der Waals surface area contributed by atoms with E-state index in [1.165, 1.54) is 0 Å². The number of pyridine rings is 2. The Kier molecular flexibility index (Phi) is 6.34. The van der Waals surface area contributed by atoms with Crippen LogP contribution in [0.3, 0.4) is 0 Å². The van der Waals surface area contributed by atoms with Gasteiger partial charge in [-0.2, -0.15) is 5.10 Å². The number of amides is 1. The van der Waals surface area contributed by atoms with E-state index in [-0.39, 0.29) is 16.6 Å². The molecule has 1 aliphatic heterocycles. The summed E-state index contributed by atoms with van der Waals surface area (Å²) in [5.74, 6) is -0.0184. The Balaban J connectivity index is 1.44. The molecule has 1 aliphatic rings. The number of rotatable bonds is 5. The molecule has 41 heavy (non-hydrogen) atoms. The molecule has 3 N–H and O–H groups in total. The van der Waals surface area contributed by atoms with Gasteiger partial charge < -0.3 is 11.2 Å². The summed E-state index contributed by atoms with van der Waals surface area (Å²) in [4.78, 5) is 21.6. The van der Waals surface area contributed by atoms with E-state index < -0.39 is 5.91 Å². The lowest BCUT2D eigenvalue weighted by molar-refractivity contribution is -0.0515. The van der Waals surface area contributed by atoms with Crippen LogP contribution < -0.4 is 11.2 Å². The quantitative estimate of drug-likeness (QED) is 0.260. The number of fused-ring (bicyclic) bond motifs is 2. The number of hydrogen-bond acceptors (Lipinski definition) is 6. The Morgan fingerprint density at radius 2 is 1.80 bits per heavy atom. The van der Waals surface area contributed by atoms with E-state index in [2.05, 4.69) is 79.3 Å². The Bertz CT molecular complexity index is 1800. The highest BCUT2D eigenvalue weighted by Gasteiger charge is 2.48.